The van der Waals surface area contributed by atoms with Crippen molar-refractivity contribution in [1.29, 1.82) is 0 Å². The van der Waals surface area contributed by atoms with Crippen LogP contribution in [0.3, 0.4) is 0 Å². The maximum Gasteiger partial charge on any atom is 0.304 e. The van der Waals surface area contributed by atoms with Gasteiger partial charge in [-0.1, -0.05) is 62.2 Å². The summed E-state index contributed by atoms with van der Waals surface area (Å²) in [6.45, 7) is 3.49. The lowest BCUT2D eigenvalue weighted by Crippen LogP contribution is -2.53. The fraction of sp³-hybridized carbons (Fsp3) is 0.440. The van der Waals surface area contributed by atoms with Gasteiger partial charge in [0.15, 0.2) is 0 Å². The van der Waals surface area contributed by atoms with Gasteiger partial charge in [-0.2, -0.15) is 12.7 Å². The normalized spacial score (nSPS) is 12.3. The number of hydrogen-bond acceptors (Lipinski definition) is 4. The Labute approximate surface area is 218 Å². The van der Waals surface area contributed by atoms with Gasteiger partial charge in [-0.25, -0.2) is 8.70 Å². The first-order chi connectivity index (χ1) is 17.0. The Bertz CT molecular complexity index is 1150. The summed E-state index contributed by atoms with van der Waals surface area (Å²) in [5.41, 5.74) is 0.331. The number of carbonyl (C=O) groups is 2. The van der Waals surface area contributed by atoms with Crippen molar-refractivity contribution in [3.8, 4) is 0 Å². The highest BCUT2D eigenvalue weighted by atomic mass is 35.5. The molecule has 0 saturated heterocycles. The van der Waals surface area contributed by atoms with Crippen molar-refractivity contribution in [2.75, 3.05) is 31.5 Å². The lowest BCUT2D eigenvalue weighted by atomic mass is 10.1. The molecule has 2 aromatic rings. The van der Waals surface area contributed by atoms with Gasteiger partial charge in [0.25, 0.3) is 0 Å². The highest BCUT2D eigenvalue weighted by Gasteiger charge is 2.34. The fourth-order valence-electron chi connectivity index (χ4n) is 3.59. The van der Waals surface area contributed by atoms with Crippen LogP contribution in [0.15, 0.2) is 48.5 Å². The summed E-state index contributed by atoms with van der Waals surface area (Å²) in [5.74, 6) is -1.81. The minimum absolute atomic E-state index is 0.0225. The van der Waals surface area contributed by atoms with Crippen molar-refractivity contribution >= 4 is 39.3 Å². The fourth-order valence-corrected chi connectivity index (χ4v) is 4.85. The number of amides is 2. The molecule has 0 fully saturated rings. The smallest absolute Gasteiger partial charge is 0.304 e. The number of anilines is 1. The van der Waals surface area contributed by atoms with Crippen LogP contribution < -0.4 is 9.62 Å². The number of rotatable bonds is 13. The number of unbranched alkanes of at least 4 members (excludes halogenated alkanes) is 1. The third-order valence-electron chi connectivity index (χ3n) is 5.65. The van der Waals surface area contributed by atoms with Crippen LogP contribution in [0.25, 0.3) is 0 Å². The highest BCUT2D eigenvalue weighted by Crippen LogP contribution is 2.25. The molecule has 1 N–H and O–H groups in total. The van der Waals surface area contributed by atoms with Crippen LogP contribution in [-0.4, -0.2) is 62.7 Å². The third-order valence-corrected chi connectivity index (χ3v) is 7.83. The Morgan fingerprint density at radius 3 is 2.28 bits per heavy atom. The summed E-state index contributed by atoms with van der Waals surface area (Å²) in [6, 6.07) is 11.4. The summed E-state index contributed by atoms with van der Waals surface area (Å²) in [5, 5.41) is 3.25. The summed E-state index contributed by atoms with van der Waals surface area (Å²) in [7, 11) is -1.65. The molecule has 2 aromatic carbocycles. The van der Waals surface area contributed by atoms with E-state index in [0.29, 0.717) is 21.4 Å². The predicted molar refractivity (Wildman–Crippen MR) is 140 cm³/mol. The molecule has 8 nitrogen and oxygen atoms in total. The van der Waals surface area contributed by atoms with Gasteiger partial charge in [-0.05, 0) is 36.6 Å². The molecule has 1 atom stereocenters. The molecule has 0 saturated carbocycles. The molecule has 0 aliphatic carbocycles. The van der Waals surface area contributed by atoms with Gasteiger partial charge in [0.05, 0.1) is 5.69 Å². The molecule has 0 aromatic heterocycles. The monoisotopic (exact) mass is 540 g/mol. The van der Waals surface area contributed by atoms with Gasteiger partial charge < -0.3 is 10.2 Å². The second-order valence-corrected chi connectivity index (χ2v) is 10.9. The van der Waals surface area contributed by atoms with Crippen LogP contribution in [0.4, 0.5) is 10.1 Å². The Kier molecular flexibility index (Phi) is 11.1. The minimum Gasteiger partial charge on any atom is -0.354 e. The van der Waals surface area contributed by atoms with E-state index in [1.54, 1.807) is 31.2 Å². The zero-order valence-electron chi connectivity index (χ0n) is 21.1. The molecule has 0 spiro atoms. The second kappa shape index (κ2) is 13.6. The van der Waals surface area contributed by atoms with E-state index in [1.165, 1.54) is 37.2 Å². The third kappa shape index (κ3) is 7.41. The lowest BCUT2D eigenvalue weighted by molar-refractivity contribution is -0.140. The van der Waals surface area contributed by atoms with Gasteiger partial charge in [-0.3, -0.25) is 9.59 Å². The average Bonchev–Trinajstić information content (AvgIpc) is 2.84. The molecule has 11 heteroatoms. The Morgan fingerprint density at radius 1 is 1.06 bits per heavy atom. The van der Waals surface area contributed by atoms with E-state index in [2.05, 4.69) is 5.32 Å². The van der Waals surface area contributed by atoms with Crippen LogP contribution >= 0.6 is 11.6 Å². The summed E-state index contributed by atoms with van der Waals surface area (Å²) >= 11 is 6.34. The van der Waals surface area contributed by atoms with Crippen LogP contribution in [-0.2, 0) is 26.3 Å². The molecule has 1 unspecified atom stereocenters. The molecular weight excluding hydrogens is 507 g/mol. The minimum atomic E-state index is -4.24. The van der Waals surface area contributed by atoms with Crippen molar-refractivity contribution in [1.82, 2.24) is 14.5 Å². The molecular formula is C25H34ClFN4O4S. The Balaban J connectivity index is 2.50. The predicted octanol–water partition coefficient (Wildman–Crippen LogP) is 3.82. The van der Waals surface area contributed by atoms with E-state index in [1.807, 2.05) is 6.92 Å². The summed E-state index contributed by atoms with van der Waals surface area (Å²) in [6.07, 6.45) is 1.95. The van der Waals surface area contributed by atoms with Crippen molar-refractivity contribution in [3.63, 3.8) is 0 Å². The first-order valence-corrected chi connectivity index (χ1v) is 13.6. The van der Waals surface area contributed by atoms with Crippen LogP contribution in [0.2, 0.25) is 5.02 Å². The maximum absolute atomic E-state index is 14.7. The molecule has 198 valence electrons. The molecule has 2 amide bonds. The SMILES string of the molecule is CCCCNC(=O)C(CC)N(Cc1ccccc1Cl)C(=O)CN(c1ccccc1F)S(=O)(=O)N(C)C. The average molecular weight is 541 g/mol. The van der Waals surface area contributed by atoms with E-state index < -0.39 is 34.5 Å². The highest BCUT2D eigenvalue weighted by molar-refractivity contribution is 7.90. The Hall–Kier alpha value is -2.69. The van der Waals surface area contributed by atoms with E-state index >= 15 is 0 Å². The zero-order chi connectivity index (χ0) is 26.9. The summed E-state index contributed by atoms with van der Waals surface area (Å²) in [4.78, 5) is 28.1. The van der Waals surface area contributed by atoms with Gasteiger partial charge in [-0.15, -0.1) is 0 Å². The van der Waals surface area contributed by atoms with E-state index in [9.17, 15) is 22.4 Å². The quantitative estimate of drug-likeness (QED) is 0.391. The van der Waals surface area contributed by atoms with Crippen molar-refractivity contribution < 1.29 is 22.4 Å². The van der Waals surface area contributed by atoms with Gasteiger partial charge in [0.1, 0.15) is 18.4 Å². The number of halogens is 2. The number of nitrogens with zero attached hydrogens (tertiary/aromatic N) is 3. The molecule has 2 rings (SSSR count). The number of nitrogens with one attached hydrogen (secondary N) is 1. The second-order valence-electron chi connectivity index (χ2n) is 8.43. The van der Waals surface area contributed by atoms with Crippen molar-refractivity contribution in [2.24, 2.45) is 0 Å². The largest absolute Gasteiger partial charge is 0.354 e. The molecule has 0 heterocycles. The van der Waals surface area contributed by atoms with Gasteiger partial charge >= 0.3 is 10.2 Å². The molecule has 36 heavy (non-hydrogen) atoms. The zero-order valence-corrected chi connectivity index (χ0v) is 22.7. The van der Waals surface area contributed by atoms with Crippen LogP contribution in [0, 0.1) is 5.82 Å². The number of carbonyl (C=O) groups excluding carboxylic acids is 2. The lowest BCUT2D eigenvalue weighted by Gasteiger charge is -2.34. The van der Waals surface area contributed by atoms with Crippen molar-refractivity contribution in [2.45, 2.75) is 45.7 Å². The molecule has 0 bridgehead atoms. The van der Waals surface area contributed by atoms with Gasteiger partial charge in [0, 0.05) is 32.2 Å². The molecule has 0 radical (unpaired) electrons. The van der Waals surface area contributed by atoms with E-state index in [0.717, 1.165) is 23.2 Å². The van der Waals surface area contributed by atoms with Crippen molar-refractivity contribution in [3.05, 3.63) is 64.9 Å². The number of hydrogen-bond donors (Lipinski definition) is 1. The summed E-state index contributed by atoms with van der Waals surface area (Å²) < 4.78 is 42.5. The standard InChI is InChI=1S/C25H34ClFN4O4S/c1-5-7-16-28-25(33)22(6-2)30(17-19-12-8-9-13-20(19)26)24(32)18-31(36(34,35)29(3)4)23-15-11-10-14-21(23)27/h8-15,22H,5-7,16-18H2,1-4H3,(H,28,33). The first kappa shape index (κ1) is 29.5. The number of benzene rings is 2. The molecule has 0 aliphatic rings. The number of para-hydroxylation sites is 1. The maximum atomic E-state index is 14.7. The molecule has 0 aliphatic heterocycles. The van der Waals surface area contributed by atoms with E-state index in [-0.39, 0.29) is 24.6 Å². The topological polar surface area (TPSA) is 90.0 Å². The van der Waals surface area contributed by atoms with Crippen LogP contribution in [0.5, 0.6) is 0 Å². The first-order valence-electron chi connectivity index (χ1n) is 11.8. The van der Waals surface area contributed by atoms with Gasteiger partial charge in [0.2, 0.25) is 11.8 Å². The van der Waals surface area contributed by atoms with Crippen LogP contribution in [0.1, 0.15) is 38.7 Å². The Morgan fingerprint density at radius 2 is 1.69 bits per heavy atom. The van der Waals surface area contributed by atoms with E-state index in [4.69, 9.17) is 11.6 Å².